The molecule has 0 aromatic heterocycles. The SMILES string of the molecule is CCc1cccc(CNC[C@@H](O)[C@H](Cc2cc(F)cc(F)c2)NC(=O)c2ccc(S(=O)(=O)C3CCCC3)cc2)c1.O=CO. The number of nitrogens with one attached hydrogen (secondary N) is 2. The molecule has 232 valence electrons. The van der Waals surface area contributed by atoms with Gasteiger partial charge in [-0.1, -0.05) is 44.0 Å². The summed E-state index contributed by atoms with van der Waals surface area (Å²) < 4.78 is 53.5. The fourth-order valence-electron chi connectivity index (χ4n) is 5.17. The van der Waals surface area contributed by atoms with Crippen LogP contribution < -0.4 is 10.6 Å². The van der Waals surface area contributed by atoms with E-state index in [-0.39, 0.29) is 35.5 Å². The number of aliphatic hydroxyl groups is 1. The van der Waals surface area contributed by atoms with Gasteiger partial charge in [0.15, 0.2) is 9.84 Å². The smallest absolute Gasteiger partial charge is 0.290 e. The van der Waals surface area contributed by atoms with Gasteiger partial charge in [0, 0.05) is 24.7 Å². The lowest BCUT2D eigenvalue weighted by Crippen LogP contribution is -2.48. The van der Waals surface area contributed by atoms with Gasteiger partial charge in [-0.15, -0.1) is 0 Å². The van der Waals surface area contributed by atoms with E-state index in [1.54, 1.807) is 0 Å². The first-order chi connectivity index (χ1) is 20.6. The third kappa shape index (κ3) is 9.94. The van der Waals surface area contributed by atoms with Crippen LogP contribution in [-0.2, 0) is 34.0 Å². The van der Waals surface area contributed by atoms with Crippen LogP contribution >= 0.6 is 0 Å². The van der Waals surface area contributed by atoms with Crippen LogP contribution in [0.2, 0.25) is 0 Å². The standard InChI is InChI=1S/C31H36F2N2O4S.CH2O2/c1-2-21-6-5-7-22(14-21)19-34-20-30(36)29(17-23-15-25(32)18-26(33)16-23)35-31(37)24-10-12-28(13-11-24)40(38,39)27-8-3-4-9-27;2-1-3/h5-7,10-16,18,27,29-30,34,36H,2-4,8-9,17,19-20H2,1H3,(H,35,37);1H,(H,2,3)/t29-,30+;/m0./s1. The minimum atomic E-state index is -3.46. The Bertz CT molecular complexity index is 1440. The van der Waals surface area contributed by atoms with E-state index in [1.165, 1.54) is 42.0 Å². The molecule has 0 spiro atoms. The zero-order valence-electron chi connectivity index (χ0n) is 24.0. The molecule has 3 aromatic rings. The summed E-state index contributed by atoms with van der Waals surface area (Å²) in [7, 11) is -3.46. The van der Waals surface area contributed by atoms with Crippen LogP contribution in [0, 0.1) is 11.6 Å². The van der Waals surface area contributed by atoms with Gasteiger partial charge in [-0.25, -0.2) is 17.2 Å². The number of rotatable bonds is 12. The van der Waals surface area contributed by atoms with Crippen molar-refractivity contribution in [3.8, 4) is 0 Å². The van der Waals surface area contributed by atoms with Crippen molar-refractivity contribution in [1.29, 1.82) is 0 Å². The summed E-state index contributed by atoms with van der Waals surface area (Å²) in [6, 6.07) is 16.0. The second kappa shape index (κ2) is 16.3. The van der Waals surface area contributed by atoms with Crippen molar-refractivity contribution in [2.24, 2.45) is 0 Å². The molecule has 4 rings (SSSR count). The first-order valence-electron chi connectivity index (χ1n) is 14.2. The second-order valence-electron chi connectivity index (χ2n) is 10.5. The number of benzene rings is 3. The highest BCUT2D eigenvalue weighted by Crippen LogP contribution is 2.29. The maximum absolute atomic E-state index is 13.9. The van der Waals surface area contributed by atoms with Gasteiger partial charge in [-0.05, 0) is 78.8 Å². The van der Waals surface area contributed by atoms with Crippen molar-refractivity contribution in [3.63, 3.8) is 0 Å². The number of hydrogen-bond acceptors (Lipinski definition) is 6. The lowest BCUT2D eigenvalue weighted by atomic mass is 10.00. The van der Waals surface area contributed by atoms with Crippen LogP contribution in [0.25, 0.3) is 0 Å². The van der Waals surface area contributed by atoms with Crippen LogP contribution in [-0.4, -0.2) is 55.0 Å². The molecule has 3 aromatic carbocycles. The molecule has 4 N–H and O–H groups in total. The summed E-state index contributed by atoms with van der Waals surface area (Å²) in [4.78, 5) is 21.7. The van der Waals surface area contributed by atoms with Crippen molar-refractivity contribution < 1.29 is 37.0 Å². The quantitative estimate of drug-likeness (QED) is 0.221. The van der Waals surface area contributed by atoms with Crippen molar-refractivity contribution in [3.05, 3.63) is 101 Å². The summed E-state index contributed by atoms with van der Waals surface area (Å²) in [5.74, 6) is -2.02. The minimum absolute atomic E-state index is 0.0112. The number of carbonyl (C=O) groups excluding carboxylic acids is 1. The van der Waals surface area contributed by atoms with E-state index in [0.29, 0.717) is 19.4 Å². The van der Waals surface area contributed by atoms with Gasteiger partial charge in [0.25, 0.3) is 12.4 Å². The number of amides is 1. The van der Waals surface area contributed by atoms with E-state index >= 15 is 0 Å². The summed E-state index contributed by atoms with van der Waals surface area (Å²) >= 11 is 0. The van der Waals surface area contributed by atoms with Crippen LogP contribution in [0.4, 0.5) is 8.78 Å². The summed E-state index contributed by atoms with van der Waals surface area (Å²) in [5, 5.41) is 23.5. The number of hydrogen-bond donors (Lipinski definition) is 4. The topological polar surface area (TPSA) is 133 Å². The molecule has 11 heteroatoms. The predicted molar refractivity (Wildman–Crippen MR) is 159 cm³/mol. The highest BCUT2D eigenvalue weighted by molar-refractivity contribution is 7.92. The molecule has 0 bridgehead atoms. The summed E-state index contributed by atoms with van der Waals surface area (Å²) in [5.41, 5.74) is 2.75. The number of aliphatic hydroxyl groups excluding tert-OH is 1. The molecule has 1 aliphatic carbocycles. The Morgan fingerprint density at radius 1 is 0.977 bits per heavy atom. The van der Waals surface area contributed by atoms with E-state index < -0.39 is 44.8 Å². The van der Waals surface area contributed by atoms with E-state index in [9.17, 15) is 27.1 Å². The molecule has 1 aliphatic rings. The van der Waals surface area contributed by atoms with Crippen molar-refractivity contribution in [2.45, 2.75) is 74.3 Å². The highest BCUT2D eigenvalue weighted by atomic mass is 32.2. The zero-order chi connectivity index (χ0) is 31.4. The number of carboxylic acid groups (broad SMARTS) is 1. The molecular weight excluding hydrogens is 578 g/mol. The first kappa shape index (κ1) is 33.8. The van der Waals surface area contributed by atoms with Crippen molar-refractivity contribution in [2.75, 3.05) is 6.54 Å². The van der Waals surface area contributed by atoms with Crippen molar-refractivity contribution in [1.82, 2.24) is 10.6 Å². The zero-order valence-corrected chi connectivity index (χ0v) is 24.8. The lowest BCUT2D eigenvalue weighted by molar-refractivity contribution is -0.122. The maximum Gasteiger partial charge on any atom is 0.290 e. The molecule has 0 unspecified atom stereocenters. The molecule has 43 heavy (non-hydrogen) atoms. The fraction of sp³-hybridized carbons (Fsp3) is 0.375. The Morgan fingerprint density at radius 2 is 1.58 bits per heavy atom. The van der Waals surface area contributed by atoms with Gasteiger partial charge in [-0.2, -0.15) is 0 Å². The van der Waals surface area contributed by atoms with Crippen LogP contribution in [0.5, 0.6) is 0 Å². The minimum Gasteiger partial charge on any atom is -0.483 e. The van der Waals surface area contributed by atoms with E-state index in [4.69, 9.17) is 9.90 Å². The third-order valence-corrected chi connectivity index (χ3v) is 9.71. The average Bonchev–Trinajstić information content (AvgIpc) is 3.53. The Labute approximate surface area is 251 Å². The van der Waals surface area contributed by atoms with E-state index in [1.807, 2.05) is 18.2 Å². The molecule has 1 fully saturated rings. The molecule has 0 saturated heterocycles. The monoisotopic (exact) mass is 616 g/mol. The molecule has 2 atom stereocenters. The van der Waals surface area contributed by atoms with Gasteiger partial charge in [0.05, 0.1) is 22.3 Å². The Kier molecular flexibility index (Phi) is 12.8. The molecule has 1 amide bonds. The number of sulfone groups is 1. The number of carbonyl (C=O) groups is 2. The van der Waals surface area contributed by atoms with Crippen LogP contribution in [0.1, 0.15) is 59.7 Å². The second-order valence-corrected chi connectivity index (χ2v) is 12.7. The normalized spacial score (nSPS) is 14.8. The maximum atomic E-state index is 13.9. The van der Waals surface area contributed by atoms with E-state index in [2.05, 4.69) is 23.6 Å². The Balaban J connectivity index is 0.00000162. The van der Waals surface area contributed by atoms with Gasteiger partial charge in [-0.3, -0.25) is 9.59 Å². The van der Waals surface area contributed by atoms with Gasteiger partial charge in [0.2, 0.25) is 0 Å². The Morgan fingerprint density at radius 3 is 2.19 bits per heavy atom. The molecule has 0 radical (unpaired) electrons. The molecule has 8 nitrogen and oxygen atoms in total. The molecule has 0 heterocycles. The molecule has 1 saturated carbocycles. The van der Waals surface area contributed by atoms with Crippen molar-refractivity contribution >= 4 is 22.2 Å². The van der Waals surface area contributed by atoms with Crippen LogP contribution in [0.3, 0.4) is 0 Å². The fourth-order valence-corrected chi connectivity index (χ4v) is 7.03. The highest BCUT2D eigenvalue weighted by Gasteiger charge is 2.30. The van der Waals surface area contributed by atoms with E-state index in [0.717, 1.165) is 30.9 Å². The lowest BCUT2D eigenvalue weighted by Gasteiger charge is -2.25. The predicted octanol–water partition coefficient (Wildman–Crippen LogP) is 4.44. The van der Waals surface area contributed by atoms with Gasteiger partial charge >= 0.3 is 0 Å². The summed E-state index contributed by atoms with van der Waals surface area (Å²) in [6.45, 7) is 2.44. The average molecular weight is 617 g/mol. The molecule has 0 aliphatic heterocycles. The van der Waals surface area contributed by atoms with Gasteiger partial charge < -0.3 is 20.8 Å². The number of aryl methyl sites for hydroxylation is 1. The van der Waals surface area contributed by atoms with Crippen LogP contribution in [0.15, 0.2) is 71.6 Å². The Hall–Kier alpha value is -3.67. The molecular formula is C32H38F2N2O6S. The summed E-state index contributed by atoms with van der Waals surface area (Å²) in [6.07, 6.45) is 2.88. The third-order valence-electron chi connectivity index (χ3n) is 7.43. The largest absolute Gasteiger partial charge is 0.483 e. The first-order valence-corrected chi connectivity index (χ1v) is 15.8. The number of halogens is 2. The van der Waals surface area contributed by atoms with Gasteiger partial charge in [0.1, 0.15) is 11.6 Å².